The van der Waals surface area contributed by atoms with Crippen LogP contribution in [0.5, 0.6) is 0 Å². The van der Waals surface area contributed by atoms with Crippen LogP contribution >= 0.6 is 0 Å². The van der Waals surface area contributed by atoms with E-state index in [9.17, 15) is 19.7 Å². The summed E-state index contributed by atoms with van der Waals surface area (Å²) in [6, 6.07) is 5.99. The number of rotatable bonds is 4. The second-order valence-electron chi connectivity index (χ2n) is 7.32. The average Bonchev–Trinajstić information content (AvgIpc) is 3.16. The molecular weight excluding hydrogens is 364 g/mol. The maximum Gasteiger partial charge on any atom is 0.407 e. The van der Waals surface area contributed by atoms with Crippen LogP contribution in [0.25, 0.3) is 11.6 Å². The topological polar surface area (TPSA) is 126 Å². The van der Waals surface area contributed by atoms with Gasteiger partial charge in [0.15, 0.2) is 0 Å². The van der Waals surface area contributed by atoms with Gasteiger partial charge in [0.2, 0.25) is 0 Å². The van der Waals surface area contributed by atoms with Crippen LogP contribution in [0.15, 0.2) is 30.5 Å². The molecule has 1 aromatic heterocycles. The molecule has 0 aliphatic carbocycles. The van der Waals surface area contributed by atoms with E-state index in [4.69, 9.17) is 4.74 Å². The number of aromatic nitrogens is 1. The SMILES string of the molecule is CC(C)(C)OC(=O)NCc1c[nH]c(C=C2C(=O)Nc3ccc([N+](=O)[O-])cc32)c1. The van der Waals surface area contributed by atoms with Gasteiger partial charge in [-0.05, 0) is 44.5 Å². The Bertz CT molecular complexity index is 984. The van der Waals surface area contributed by atoms with Gasteiger partial charge in [0.25, 0.3) is 11.6 Å². The monoisotopic (exact) mass is 384 g/mol. The molecular formula is C19H20N4O5. The minimum absolute atomic E-state index is 0.0881. The Morgan fingerprint density at radius 1 is 1.32 bits per heavy atom. The van der Waals surface area contributed by atoms with Crippen LogP contribution in [0, 0.1) is 10.1 Å². The molecule has 9 nitrogen and oxygen atoms in total. The highest BCUT2D eigenvalue weighted by Crippen LogP contribution is 2.35. The quantitative estimate of drug-likeness (QED) is 0.423. The lowest BCUT2D eigenvalue weighted by atomic mass is 10.1. The van der Waals surface area contributed by atoms with Crippen molar-refractivity contribution in [1.29, 1.82) is 0 Å². The largest absolute Gasteiger partial charge is 0.444 e. The van der Waals surface area contributed by atoms with E-state index in [0.717, 1.165) is 5.56 Å². The molecule has 2 amide bonds. The predicted octanol–water partition coefficient (Wildman–Crippen LogP) is 3.44. The molecule has 1 aliphatic rings. The second-order valence-corrected chi connectivity index (χ2v) is 7.32. The Morgan fingerprint density at radius 3 is 2.75 bits per heavy atom. The molecule has 3 rings (SSSR count). The molecule has 0 saturated carbocycles. The molecule has 0 spiro atoms. The van der Waals surface area contributed by atoms with Crippen molar-refractivity contribution in [2.75, 3.05) is 5.32 Å². The lowest BCUT2D eigenvalue weighted by molar-refractivity contribution is -0.384. The molecule has 1 aliphatic heterocycles. The number of anilines is 1. The minimum Gasteiger partial charge on any atom is -0.444 e. The summed E-state index contributed by atoms with van der Waals surface area (Å²) < 4.78 is 5.18. The molecule has 0 radical (unpaired) electrons. The number of fused-ring (bicyclic) bond motifs is 1. The number of hydrogen-bond donors (Lipinski definition) is 3. The summed E-state index contributed by atoms with van der Waals surface area (Å²) in [5.74, 6) is -0.335. The molecule has 0 saturated heterocycles. The number of ether oxygens (including phenoxy) is 1. The van der Waals surface area contributed by atoms with Crippen molar-refractivity contribution in [3.8, 4) is 0 Å². The molecule has 0 atom stereocenters. The van der Waals surface area contributed by atoms with Crippen LogP contribution in [0.1, 0.15) is 37.6 Å². The first kappa shape index (κ1) is 19.2. The number of amides is 2. The van der Waals surface area contributed by atoms with Gasteiger partial charge >= 0.3 is 6.09 Å². The number of nitro groups is 1. The van der Waals surface area contributed by atoms with E-state index in [1.165, 1.54) is 18.2 Å². The first-order valence-corrected chi connectivity index (χ1v) is 8.58. The van der Waals surface area contributed by atoms with Crippen LogP contribution in [0.3, 0.4) is 0 Å². The average molecular weight is 384 g/mol. The fraction of sp³-hybridized carbons (Fsp3) is 0.263. The van der Waals surface area contributed by atoms with E-state index in [1.54, 1.807) is 39.1 Å². The summed E-state index contributed by atoms with van der Waals surface area (Å²) >= 11 is 0. The van der Waals surface area contributed by atoms with E-state index in [-0.39, 0.29) is 18.1 Å². The summed E-state index contributed by atoms with van der Waals surface area (Å²) in [6.07, 6.45) is 2.79. The number of aromatic amines is 1. The second kappa shape index (κ2) is 7.18. The number of carbonyl (C=O) groups excluding carboxylic acids is 2. The van der Waals surface area contributed by atoms with Gasteiger partial charge in [0, 0.05) is 41.8 Å². The number of carbonyl (C=O) groups is 2. The Balaban J connectivity index is 1.75. The molecule has 3 N–H and O–H groups in total. The Hall–Kier alpha value is -3.62. The van der Waals surface area contributed by atoms with Crippen molar-refractivity contribution in [3.05, 3.63) is 57.4 Å². The number of hydrogen-bond acceptors (Lipinski definition) is 5. The molecule has 0 fully saturated rings. The highest BCUT2D eigenvalue weighted by Gasteiger charge is 2.26. The van der Waals surface area contributed by atoms with E-state index in [1.807, 2.05) is 0 Å². The van der Waals surface area contributed by atoms with Crippen LogP contribution in [0.2, 0.25) is 0 Å². The van der Waals surface area contributed by atoms with Crippen LogP contribution in [0.4, 0.5) is 16.2 Å². The zero-order chi connectivity index (χ0) is 20.5. The van der Waals surface area contributed by atoms with Crippen LogP contribution in [-0.2, 0) is 16.1 Å². The van der Waals surface area contributed by atoms with Crippen molar-refractivity contribution in [1.82, 2.24) is 10.3 Å². The normalized spacial score (nSPS) is 14.5. The molecule has 2 aromatic rings. The predicted molar refractivity (Wildman–Crippen MR) is 103 cm³/mol. The van der Waals surface area contributed by atoms with Crippen molar-refractivity contribution < 1.29 is 19.2 Å². The first-order valence-electron chi connectivity index (χ1n) is 8.58. The molecule has 9 heteroatoms. The minimum atomic E-state index is -0.580. The third kappa shape index (κ3) is 4.37. The van der Waals surface area contributed by atoms with Gasteiger partial charge in [-0.15, -0.1) is 0 Å². The summed E-state index contributed by atoms with van der Waals surface area (Å²) in [7, 11) is 0. The molecule has 28 heavy (non-hydrogen) atoms. The third-order valence-electron chi connectivity index (χ3n) is 3.90. The van der Waals surface area contributed by atoms with Gasteiger partial charge in [-0.1, -0.05) is 0 Å². The van der Waals surface area contributed by atoms with Gasteiger partial charge in [0.1, 0.15) is 5.60 Å². The Kier molecular flexibility index (Phi) is 4.91. The lowest BCUT2D eigenvalue weighted by Crippen LogP contribution is -2.32. The number of alkyl carbamates (subject to hydrolysis) is 1. The highest BCUT2D eigenvalue weighted by atomic mass is 16.6. The van der Waals surface area contributed by atoms with Gasteiger partial charge in [-0.3, -0.25) is 14.9 Å². The summed E-state index contributed by atoms with van der Waals surface area (Å²) in [4.78, 5) is 37.5. The Morgan fingerprint density at radius 2 is 2.07 bits per heavy atom. The standard InChI is InChI=1S/C19H20N4O5/c1-19(2,3)28-18(25)21-10-11-6-12(20-9-11)7-15-14-8-13(23(26)27)4-5-16(14)22-17(15)24/h4-9,20H,10H2,1-3H3,(H,21,25)(H,22,24). The number of H-pyrrole nitrogens is 1. The summed E-state index contributed by atoms with van der Waals surface area (Å²) in [5.41, 5.74) is 2.08. The number of non-ortho nitro benzene ring substituents is 1. The molecule has 1 aromatic carbocycles. The van der Waals surface area contributed by atoms with E-state index in [0.29, 0.717) is 22.5 Å². The summed E-state index contributed by atoms with van der Waals surface area (Å²) in [5, 5.41) is 16.3. The van der Waals surface area contributed by atoms with E-state index in [2.05, 4.69) is 15.6 Å². The van der Waals surface area contributed by atoms with E-state index >= 15 is 0 Å². The van der Waals surface area contributed by atoms with Gasteiger partial charge in [-0.25, -0.2) is 4.79 Å². The fourth-order valence-corrected chi connectivity index (χ4v) is 2.72. The Labute approximate surface area is 160 Å². The van der Waals surface area contributed by atoms with E-state index < -0.39 is 16.6 Å². The van der Waals surface area contributed by atoms with Crippen molar-refractivity contribution >= 4 is 35.0 Å². The molecule has 0 bridgehead atoms. The number of benzene rings is 1. The third-order valence-corrected chi connectivity index (χ3v) is 3.90. The zero-order valence-corrected chi connectivity index (χ0v) is 15.7. The number of nitrogens with one attached hydrogen (secondary N) is 3. The summed E-state index contributed by atoms with van der Waals surface area (Å²) in [6.45, 7) is 5.59. The van der Waals surface area contributed by atoms with Gasteiger partial charge < -0.3 is 20.4 Å². The van der Waals surface area contributed by atoms with Crippen molar-refractivity contribution in [2.24, 2.45) is 0 Å². The van der Waals surface area contributed by atoms with Crippen LogP contribution < -0.4 is 10.6 Å². The molecule has 146 valence electrons. The number of nitrogens with zero attached hydrogens (tertiary/aromatic N) is 1. The first-order chi connectivity index (χ1) is 13.1. The smallest absolute Gasteiger partial charge is 0.407 e. The van der Waals surface area contributed by atoms with Crippen LogP contribution in [-0.4, -0.2) is 27.5 Å². The van der Waals surface area contributed by atoms with Crippen molar-refractivity contribution in [3.63, 3.8) is 0 Å². The zero-order valence-electron chi connectivity index (χ0n) is 15.7. The highest BCUT2D eigenvalue weighted by molar-refractivity contribution is 6.35. The van der Waals surface area contributed by atoms with Gasteiger partial charge in [0.05, 0.1) is 10.5 Å². The number of nitro benzene ring substituents is 1. The maximum absolute atomic E-state index is 12.2. The molecule has 0 unspecified atom stereocenters. The fourth-order valence-electron chi connectivity index (χ4n) is 2.72. The van der Waals surface area contributed by atoms with Gasteiger partial charge in [-0.2, -0.15) is 0 Å². The lowest BCUT2D eigenvalue weighted by Gasteiger charge is -2.19. The van der Waals surface area contributed by atoms with Crippen molar-refractivity contribution in [2.45, 2.75) is 32.9 Å². The maximum atomic E-state index is 12.2. The molecule has 2 heterocycles.